The SMILES string of the molecule is C=CCc1c(COC(=O)C(=C)C)nc(C)n1Cc1ccccc1. The van der Waals surface area contributed by atoms with E-state index in [1.165, 1.54) is 5.56 Å². The van der Waals surface area contributed by atoms with Gasteiger partial charge in [0.25, 0.3) is 0 Å². The van der Waals surface area contributed by atoms with Crippen molar-refractivity contribution < 1.29 is 9.53 Å². The molecular weight excluding hydrogens is 288 g/mol. The van der Waals surface area contributed by atoms with Crippen LogP contribution in [0.25, 0.3) is 0 Å². The van der Waals surface area contributed by atoms with Gasteiger partial charge in [-0.25, -0.2) is 9.78 Å². The zero-order valence-electron chi connectivity index (χ0n) is 13.7. The van der Waals surface area contributed by atoms with Crippen molar-refractivity contribution >= 4 is 5.97 Å². The molecule has 0 saturated carbocycles. The minimum Gasteiger partial charge on any atom is -0.456 e. The maximum absolute atomic E-state index is 11.6. The van der Waals surface area contributed by atoms with Crippen molar-refractivity contribution in [1.29, 1.82) is 0 Å². The molecule has 0 aliphatic rings. The van der Waals surface area contributed by atoms with Crippen LogP contribution in [0.3, 0.4) is 0 Å². The van der Waals surface area contributed by atoms with Crippen molar-refractivity contribution in [2.75, 3.05) is 0 Å². The van der Waals surface area contributed by atoms with E-state index in [-0.39, 0.29) is 6.61 Å². The van der Waals surface area contributed by atoms with Crippen LogP contribution in [0.4, 0.5) is 0 Å². The molecule has 0 bridgehead atoms. The lowest BCUT2D eigenvalue weighted by atomic mass is 10.2. The average Bonchev–Trinajstić information content (AvgIpc) is 2.82. The molecule has 1 heterocycles. The number of allylic oxidation sites excluding steroid dienone is 1. The van der Waals surface area contributed by atoms with Gasteiger partial charge in [0, 0.05) is 24.2 Å². The number of imidazole rings is 1. The van der Waals surface area contributed by atoms with E-state index in [0.717, 1.165) is 23.8 Å². The van der Waals surface area contributed by atoms with Crippen LogP contribution in [0.2, 0.25) is 0 Å². The van der Waals surface area contributed by atoms with Gasteiger partial charge in [-0.2, -0.15) is 0 Å². The average molecular weight is 310 g/mol. The molecule has 0 amide bonds. The Hall–Kier alpha value is -2.62. The lowest BCUT2D eigenvalue weighted by Crippen LogP contribution is -2.09. The van der Waals surface area contributed by atoms with E-state index in [2.05, 4.69) is 34.8 Å². The molecule has 120 valence electrons. The van der Waals surface area contributed by atoms with Crippen molar-refractivity contribution in [3.8, 4) is 0 Å². The first-order valence-corrected chi connectivity index (χ1v) is 7.55. The van der Waals surface area contributed by atoms with Crippen molar-refractivity contribution in [3.05, 3.63) is 77.9 Å². The summed E-state index contributed by atoms with van der Waals surface area (Å²) >= 11 is 0. The summed E-state index contributed by atoms with van der Waals surface area (Å²) in [5, 5.41) is 0. The molecule has 4 heteroatoms. The van der Waals surface area contributed by atoms with Crippen LogP contribution in [0.5, 0.6) is 0 Å². The Kier molecular flexibility index (Phi) is 5.52. The molecule has 0 aliphatic carbocycles. The molecule has 4 nitrogen and oxygen atoms in total. The number of aromatic nitrogens is 2. The monoisotopic (exact) mass is 310 g/mol. The predicted octanol–water partition coefficient (Wildman–Crippen LogP) is 3.59. The first kappa shape index (κ1) is 16.7. The van der Waals surface area contributed by atoms with Gasteiger partial charge < -0.3 is 9.30 Å². The molecule has 0 aliphatic heterocycles. The Balaban J connectivity index is 2.26. The molecular formula is C19H22N2O2. The number of benzene rings is 1. The molecule has 0 saturated heterocycles. The molecule has 0 N–H and O–H groups in total. The summed E-state index contributed by atoms with van der Waals surface area (Å²) in [5.41, 5.74) is 3.38. The second kappa shape index (κ2) is 7.58. The topological polar surface area (TPSA) is 44.1 Å². The standard InChI is InChI=1S/C19H22N2O2/c1-5-9-18-17(13-23-19(22)14(2)3)20-15(4)21(18)12-16-10-7-6-8-11-16/h5-8,10-11H,1-2,9,12-13H2,3-4H3. The second-order valence-electron chi connectivity index (χ2n) is 5.47. The number of rotatable bonds is 7. The van der Waals surface area contributed by atoms with E-state index in [9.17, 15) is 4.79 Å². The van der Waals surface area contributed by atoms with Crippen LogP contribution in [-0.2, 0) is 29.1 Å². The zero-order chi connectivity index (χ0) is 16.8. The third kappa shape index (κ3) is 4.19. The third-order valence-electron chi connectivity index (χ3n) is 3.56. The summed E-state index contributed by atoms with van der Waals surface area (Å²) in [6.07, 6.45) is 2.51. The fourth-order valence-electron chi connectivity index (χ4n) is 2.38. The van der Waals surface area contributed by atoms with Crippen LogP contribution in [-0.4, -0.2) is 15.5 Å². The molecule has 2 rings (SSSR count). The number of carbonyl (C=O) groups is 1. The van der Waals surface area contributed by atoms with Crippen LogP contribution >= 0.6 is 0 Å². The fourth-order valence-corrected chi connectivity index (χ4v) is 2.38. The van der Waals surface area contributed by atoms with Crippen molar-refractivity contribution in [1.82, 2.24) is 9.55 Å². The maximum Gasteiger partial charge on any atom is 0.333 e. The number of hydrogen-bond acceptors (Lipinski definition) is 3. The summed E-state index contributed by atoms with van der Waals surface area (Å²) < 4.78 is 7.39. The van der Waals surface area contributed by atoms with E-state index < -0.39 is 5.97 Å². The summed E-state index contributed by atoms with van der Waals surface area (Å²) in [5.74, 6) is 0.497. The molecule has 0 unspecified atom stereocenters. The van der Waals surface area contributed by atoms with Gasteiger partial charge in [-0.3, -0.25) is 0 Å². The molecule has 0 spiro atoms. The Morgan fingerprint density at radius 1 is 1.35 bits per heavy atom. The molecule has 1 aromatic carbocycles. The van der Waals surface area contributed by atoms with Crippen LogP contribution in [0.1, 0.15) is 29.7 Å². The molecule has 2 aromatic rings. The predicted molar refractivity (Wildman–Crippen MR) is 91.0 cm³/mol. The van der Waals surface area contributed by atoms with E-state index in [1.807, 2.05) is 31.2 Å². The Bertz CT molecular complexity index is 714. The number of carbonyl (C=O) groups excluding carboxylic acids is 1. The Morgan fingerprint density at radius 3 is 2.65 bits per heavy atom. The van der Waals surface area contributed by atoms with Crippen molar-refractivity contribution in [2.24, 2.45) is 0 Å². The van der Waals surface area contributed by atoms with Crippen molar-refractivity contribution in [3.63, 3.8) is 0 Å². The first-order valence-electron chi connectivity index (χ1n) is 7.55. The molecule has 1 aromatic heterocycles. The lowest BCUT2D eigenvalue weighted by Gasteiger charge is -2.11. The number of hydrogen-bond donors (Lipinski definition) is 0. The van der Waals surface area contributed by atoms with E-state index in [4.69, 9.17) is 4.74 Å². The van der Waals surface area contributed by atoms with E-state index in [0.29, 0.717) is 12.0 Å². The van der Waals surface area contributed by atoms with E-state index >= 15 is 0 Å². The van der Waals surface area contributed by atoms with Gasteiger partial charge in [-0.1, -0.05) is 43.0 Å². The highest BCUT2D eigenvalue weighted by atomic mass is 16.5. The highest BCUT2D eigenvalue weighted by Gasteiger charge is 2.15. The smallest absolute Gasteiger partial charge is 0.333 e. The number of aryl methyl sites for hydroxylation is 1. The summed E-state index contributed by atoms with van der Waals surface area (Å²) in [6, 6.07) is 10.2. The molecule has 0 fully saturated rings. The van der Waals surface area contributed by atoms with E-state index in [1.54, 1.807) is 6.92 Å². The Labute approximate surface area is 137 Å². The Morgan fingerprint density at radius 2 is 2.04 bits per heavy atom. The fraction of sp³-hybridized carbons (Fsp3) is 0.263. The van der Waals surface area contributed by atoms with Gasteiger partial charge in [0.15, 0.2) is 0 Å². The van der Waals surface area contributed by atoms with Gasteiger partial charge in [0.1, 0.15) is 12.4 Å². The quantitative estimate of drug-likeness (QED) is 0.446. The number of esters is 1. The normalized spacial score (nSPS) is 10.3. The maximum atomic E-state index is 11.6. The summed E-state index contributed by atoms with van der Waals surface area (Å²) in [7, 11) is 0. The summed E-state index contributed by atoms with van der Waals surface area (Å²) in [6.45, 7) is 11.9. The molecule has 0 radical (unpaired) electrons. The lowest BCUT2D eigenvalue weighted by molar-refractivity contribution is -0.140. The second-order valence-corrected chi connectivity index (χ2v) is 5.47. The number of nitrogens with zero attached hydrogens (tertiary/aromatic N) is 2. The van der Waals surface area contributed by atoms with Gasteiger partial charge in [0.2, 0.25) is 0 Å². The number of ether oxygens (including phenoxy) is 1. The van der Waals surface area contributed by atoms with Crippen molar-refractivity contribution in [2.45, 2.75) is 33.4 Å². The zero-order valence-corrected chi connectivity index (χ0v) is 13.7. The van der Waals surface area contributed by atoms with Crippen LogP contribution in [0, 0.1) is 6.92 Å². The highest BCUT2D eigenvalue weighted by molar-refractivity contribution is 5.86. The molecule has 23 heavy (non-hydrogen) atoms. The van der Waals surface area contributed by atoms with Gasteiger partial charge in [-0.05, 0) is 19.4 Å². The third-order valence-corrected chi connectivity index (χ3v) is 3.56. The molecule has 0 atom stereocenters. The van der Waals surface area contributed by atoms with Gasteiger partial charge in [-0.15, -0.1) is 6.58 Å². The largest absolute Gasteiger partial charge is 0.456 e. The van der Waals surface area contributed by atoms with Gasteiger partial charge >= 0.3 is 5.97 Å². The van der Waals surface area contributed by atoms with Crippen LogP contribution in [0.15, 0.2) is 55.1 Å². The summed E-state index contributed by atoms with van der Waals surface area (Å²) in [4.78, 5) is 16.2. The first-order chi connectivity index (χ1) is 11.0. The highest BCUT2D eigenvalue weighted by Crippen LogP contribution is 2.17. The van der Waals surface area contributed by atoms with Crippen LogP contribution < -0.4 is 0 Å². The van der Waals surface area contributed by atoms with Gasteiger partial charge in [0.05, 0.1) is 5.69 Å². The minimum atomic E-state index is -0.398. The minimum absolute atomic E-state index is 0.150.